The smallest absolute Gasteiger partial charge is 0.349 e. The monoisotopic (exact) mass is 284 g/mol. The molecule has 0 spiro atoms. The molecule has 0 atom stereocenters. The highest BCUT2D eigenvalue weighted by Gasteiger charge is 2.12. The van der Waals surface area contributed by atoms with Crippen molar-refractivity contribution in [2.24, 2.45) is 0 Å². The molecule has 0 aliphatic rings. The molecule has 0 amide bonds. The molecule has 4 nitrogen and oxygen atoms in total. The van der Waals surface area contributed by atoms with Gasteiger partial charge in [-0.2, -0.15) is 0 Å². The number of aryl methyl sites for hydroxylation is 1. The van der Waals surface area contributed by atoms with Crippen LogP contribution in [-0.2, 0) is 4.79 Å². The van der Waals surface area contributed by atoms with E-state index in [1.165, 1.54) is 6.92 Å². The zero-order valence-corrected chi connectivity index (χ0v) is 12.0. The van der Waals surface area contributed by atoms with Gasteiger partial charge in [0.1, 0.15) is 11.5 Å². The second-order valence-corrected chi connectivity index (χ2v) is 4.63. The highest BCUT2D eigenvalue weighted by atomic mass is 16.6. The standard InChI is InChI=1S/C17H16O4/c1-12-7-9-14(10-8-12)20-11-17(19)21-16-6-4-3-5-15(16)13(2)18/h3-10H,11H2,1-2H3. The molecule has 2 aromatic carbocycles. The molecule has 0 N–H and O–H groups in total. The Morgan fingerprint density at radius 1 is 1.00 bits per heavy atom. The minimum atomic E-state index is -0.552. The number of ketones is 1. The molecular formula is C17H16O4. The van der Waals surface area contributed by atoms with Gasteiger partial charge in [-0.05, 0) is 38.1 Å². The van der Waals surface area contributed by atoms with Gasteiger partial charge in [0.15, 0.2) is 12.4 Å². The fourth-order valence-corrected chi connectivity index (χ4v) is 1.78. The lowest BCUT2D eigenvalue weighted by molar-refractivity contribution is -0.136. The van der Waals surface area contributed by atoms with Crippen molar-refractivity contribution in [3.8, 4) is 11.5 Å². The van der Waals surface area contributed by atoms with Crippen LogP contribution in [0.3, 0.4) is 0 Å². The predicted octanol–water partition coefficient (Wildman–Crippen LogP) is 3.18. The van der Waals surface area contributed by atoms with E-state index in [4.69, 9.17) is 9.47 Å². The molecule has 0 saturated heterocycles. The Morgan fingerprint density at radius 3 is 2.33 bits per heavy atom. The van der Waals surface area contributed by atoms with Gasteiger partial charge in [-0.1, -0.05) is 29.8 Å². The van der Waals surface area contributed by atoms with Crippen molar-refractivity contribution >= 4 is 11.8 Å². The summed E-state index contributed by atoms with van der Waals surface area (Å²) in [6.45, 7) is 3.18. The summed E-state index contributed by atoms with van der Waals surface area (Å²) in [5, 5.41) is 0. The van der Waals surface area contributed by atoms with Crippen LogP contribution in [0.1, 0.15) is 22.8 Å². The van der Waals surface area contributed by atoms with Crippen LogP contribution < -0.4 is 9.47 Å². The third kappa shape index (κ3) is 4.18. The summed E-state index contributed by atoms with van der Waals surface area (Å²) in [6.07, 6.45) is 0. The molecule has 0 heterocycles. The number of carbonyl (C=O) groups excluding carboxylic acids is 2. The van der Waals surface area contributed by atoms with Crippen LogP contribution in [0.2, 0.25) is 0 Å². The maximum Gasteiger partial charge on any atom is 0.349 e. The van der Waals surface area contributed by atoms with Gasteiger partial charge in [0, 0.05) is 0 Å². The molecule has 0 fully saturated rings. The van der Waals surface area contributed by atoms with E-state index in [0.29, 0.717) is 11.3 Å². The summed E-state index contributed by atoms with van der Waals surface area (Å²) < 4.78 is 10.5. The van der Waals surface area contributed by atoms with E-state index in [0.717, 1.165) is 5.56 Å². The summed E-state index contributed by atoms with van der Waals surface area (Å²) in [5.41, 5.74) is 1.49. The van der Waals surface area contributed by atoms with Crippen LogP contribution in [0.25, 0.3) is 0 Å². The third-order valence-corrected chi connectivity index (χ3v) is 2.87. The largest absolute Gasteiger partial charge is 0.482 e. The number of esters is 1. The maximum atomic E-state index is 11.8. The lowest BCUT2D eigenvalue weighted by Crippen LogP contribution is -2.18. The summed E-state index contributed by atoms with van der Waals surface area (Å²) in [7, 11) is 0. The third-order valence-electron chi connectivity index (χ3n) is 2.87. The number of ether oxygens (including phenoxy) is 2. The van der Waals surface area contributed by atoms with Crippen molar-refractivity contribution in [3.63, 3.8) is 0 Å². The van der Waals surface area contributed by atoms with Crippen molar-refractivity contribution in [1.82, 2.24) is 0 Å². The predicted molar refractivity (Wildman–Crippen MR) is 78.8 cm³/mol. The minimum Gasteiger partial charge on any atom is -0.482 e. The molecule has 4 heteroatoms. The van der Waals surface area contributed by atoms with Crippen molar-refractivity contribution in [2.45, 2.75) is 13.8 Å². The number of para-hydroxylation sites is 1. The fourth-order valence-electron chi connectivity index (χ4n) is 1.78. The van der Waals surface area contributed by atoms with Gasteiger partial charge in [-0.15, -0.1) is 0 Å². The van der Waals surface area contributed by atoms with Crippen LogP contribution in [-0.4, -0.2) is 18.4 Å². The van der Waals surface area contributed by atoms with E-state index in [-0.39, 0.29) is 18.1 Å². The number of hydrogen-bond donors (Lipinski definition) is 0. The first-order chi connectivity index (χ1) is 10.1. The Bertz CT molecular complexity index is 644. The Labute approximate surface area is 123 Å². The molecule has 0 aliphatic carbocycles. The van der Waals surface area contributed by atoms with E-state index in [1.54, 1.807) is 36.4 Å². The van der Waals surface area contributed by atoms with E-state index < -0.39 is 5.97 Å². The first kappa shape index (κ1) is 14.8. The van der Waals surface area contributed by atoms with Gasteiger partial charge < -0.3 is 9.47 Å². The van der Waals surface area contributed by atoms with Crippen LogP contribution >= 0.6 is 0 Å². The number of benzene rings is 2. The van der Waals surface area contributed by atoms with Crippen LogP contribution in [0, 0.1) is 6.92 Å². The first-order valence-electron chi connectivity index (χ1n) is 6.56. The molecule has 0 saturated carbocycles. The summed E-state index contributed by atoms with van der Waals surface area (Å²) in [6, 6.07) is 14.0. The molecule has 108 valence electrons. The Balaban J connectivity index is 1.96. The first-order valence-corrected chi connectivity index (χ1v) is 6.56. The fraction of sp³-hybridized carbons (Fsp3) is 0.176. The molecule has 0 aromatic heterocycles. The SMILES string of the molecule is CC(=O)c1ccccc1OC(=O)COc1ccc(C)cc1. The summed E-state index contributed by atoms with van der Waals surface area (Å²) in [5.74, 6) is 0.141. The highest BCUT2D eigenvalue weighted by molar-refractivity contribution is 5.97. The number of rotatable bonds is 5. The van der Waals surface area contributed by atoms with Crippen molar-refractivity contribution in [1.29, 1.82) is 0 Å². The summed E-state index contributed by atoms with van der Waals surface area (Å²) >= 11 is 0. The van der Waals surface area contributed by atoms with Gasteiger partial charge in [-0.3, -0.25) is 4.79 Å². The quantitative estimate of drug-likeness (QED) is 0.481. The number of hydrogen-bond acceptors (Lipinski definition) is 4. The van der Waals surface area contributed by atoms with Crippen molar-refractivity contribution < 1.29 is 19.1 Å². The number of Topliss-reactive ketones (excluding diaryl/α,β-unsaturated/α-hetero) is 1. The van der Waals surface area contributed by atoms with Crippen LogP contribution in [0.15, 0.2) is 48.5 Å². The lowest BCUT2D eigenvalue weighted by Gasteiger charge is -2.09. The van der Waals surface area contributed by atoms with Gasteiger partial charge in [0.05, 0.1) is 5.56 Å². The summed E-state index contributed by atoms with van der Waals surface area (Å²) in [4.78, 5) is 23.2. The molecule has 0 radical (unpaired) electrons. The zero-order chi connectivity index (χ0) is 15.2. The van der Waals surface area contributed by atoms with Gasteiger partial charge in [0.2, 0.25) is 0 Å². The number of carbonyl (C=O) groups is 2. The van der Waals surface area contributed by atoms with E-state index in [9.17, 15) is 9.59 Å². The van der Waals surface area contributed by atoms with E-state index in [1.807, 2.05) is 19.1 Å². The van der Waals surface area contributed by atoms with Gasteiger partial charge in [0.25, 0.3) is 0 Å². The molecule has 0 unspecified atom stereocenters. The van der Waals surface area contributed by atoms with Crippen molar-refractivity contribution in [3.05, 3.63) is 59.7 Å². The van der Waals surface area contributed by atoms with Gasteiger partial charge >= 0.3 is 5.97 Å². The highest BCUT2D eigenvalue weighted by Crippen LogP contribution is 2.19. The Hall–Kier alpha value is -2.62. The normalized spacial score (nSPS) is 10.0. The minimum absolute atomic E-state index is 0.155. The van der Waals surface area contributed by atoms with Crippen LogP contribution in [0.4, 0.5) is 0 Å². The second-order valence-electron chi connectivity index (χ2n) is 4.63. The van der Waals surface area contributed by atoms with E-state index in [2.05, 4.69) is 0 Å². The van der Waals surface area contributed by atoms with Gasteiger partial charge in [-0.25, -0.2) is 4.79 Å². The maximum absolute atomic E-state index is 11.8. The average molecular weight is 284 g/mol. The topological polar surface area (TPSA) is 52.6 Å². The molecule has 0 bridgehead atoms. The Morgan fingerprint density at radius 2 is 1.67 bits per heavy atom. The van der Waals surface area contributed by atoms with Crippen molar-refractivity contribution in [2.75, 3.05) is 6.61 Å². The second kappa shape index (κ2) is 6.70. The van der Waals surface area contributed by atoms with E-state index >= 15 is 0 Å². The van der Waals surface area contributed by atoms with Crippen LogP contribution in [0.5, 0.6) is 11.5 Å². The zero-order valence-electron chi connectivity index (χ0n) is 12.0. The molecular weight excluding hydrogens is 268 g/mol. The molecule has 21 heavy (non-hydrogen) atoms. The molecule has 0 aliphatic heterocycles. The molecule has 2 rings (SSSR count). The molecule has 2 aromatic rings. The Kier molecular flexibility index (Phi) is 4.72. The average Bonchev–Trinajstić information content (AvgIpc) is 2.47. The lowest BCUT2D eigenvalue weighted by atomic mass is 10.1.